The van der Waals surface area contributed by atoms with Crippen molar-refractivity contribution in [2.24, 2.45) is 0 Å². The van der Waals surface area contributed by atoms with Crippen molar-refractivity contribution in [1.82, 2.24) is 0 Å². The van der Waals surface area contributed by atoms with Crippen LogP contribution in [0.4, 0.5) is 0 Å². The summed E-state index contributed by atoms with van der Waals surface area (Å²) in [4.78, 5) is 0. The van der Waals surface area contributed by atoms with E-state index in [-0.39, 0.29) is 17.1 Å². The Morgan fingerprint density at radius 3 is 1.75 bits per heavy atom. The Labute approximate surface area is 71.1 Å². The minimum atomic E-state index is 0. The first-order valence-corrected chi connectivity index (χ1v) is 5.24. The summed E-state index contributed by atoms with van der Waals surface area (Å²) >= 11 is 0.549. The Hall–Kier alpha value is 0.719. The second kappa shape index (κ2) is 10.7. The Kier molecular flexibility index (Phi) is 15.3. The van der Waals surface area contributed by atoms with E-state index in [4.69, 9.17) is 10.5 Å². The van der Waals surface area contributed by atoms with Crippen LogP contribution in [0.2, 0.25) is 0 Å². The third-order valence-corrected chi connectivity index (χ3v) is 2.99. The van der Waals surface area contributed by atoms with Crippen LogP contribution in [0.1, 0.15) is 0 Å². The van der Waals surface area contributed by atoms with E-state index in [1.165, 1.54) is 0 Å². The zero-order valence-electron chi connectivity index (χ0n) is 3.44. The molecule has 0 bridgehead atoms. The molecule has 45 valence electrons. The first-order chi connectivity index (χ1) is 3.41. The molecular formula is C2FeMnN2S2. The minimum absolute atomic E-state index is 0. The van der Waals surface area contributed by atoms with E-state index >= 15 is 0 Å². The summed E-state index contributed by atoms with van der Waals surface area (Å²) in [5, 5.41) is 19.5. The van der Waals surface area contributed by atoms with E-state index in [0.29, 0.717) is 12.7 Å². The molecule has 6 heteroatoms. The molecule has 0 unspecified atom stereocenters. The largest absolute Gasteiger partial charge is 0 e. The van der Waals surface area contributed by atoms with Crippen molar-refractivity contribution in [3.8, 4) is 10.8 Å². The predicted molar refractivity (Wildman–Crippen MR) is 26.4 cm³/mol. The molecule has 8 heavy (non-hydrogen) atoms. The van der Waals surface area contributed by atoms with Gasteiger partial charge in [0, 0.05) is 17.1 Å². The summed E-state index contributed by atoms with van der Waals surface area (Å²) < 4.78 is 0. The summed E-state index contributed by atoms with van der Waals surface area (Å²) in [6, 6.07) is 0. The maximum Gasteiger partial charge on any atom is 0 e. The van der Waals surface area contributed by atoms with Crippen LogP contribution in [-0.2, 0) is 29.8 Å². The van der Waals surface area contributed by atoms with Crippen molar-refractivity contribution in [2.75, 3.05) is 0 Å². The Balaban J connectivity index is 0. The van der Waals surface area contributed by atoms with Crippen molar-refractivity contribution >= 4 is 20.4 Å². The molecule has 0 heterocycles. The van der Waals surface area contributed by atoms with E-state index in [1.54, 1.807) is 0 Å². The molecule has 0 spiro atoms. The molecule has 0 aromatic heterocycles. The quantitative estimate of drug-likeness (QED) is 0.405. The fourth-order valence-corrected chi connectivity index (χ4v) is 1.52. The number of nitrogens with zero attached hydrogens (tertiary/aromatic N) is 2. The second-order valence-corrected chi connectivity index (χ2v) is 4.52. The van der Waals surface area contributed by atoms with E-state index < -0.39 is 0 Å². The normalized spacial score (nSPS) is 6.25. The maximum absolute atomic E-state index is 7.88. The molecule has 1 radical (unpaired) electrons. The van der Waals surface area contributed by atoms with Gasteiger partial charge < -0.3 is 0 Å². The molecule has 0 saturated carbocycles. The topological polar surface area (TPSA) is 47.6 Å². The summed E-state index contributed by atoms with van der Waals surface area (Å²) in [7, 11) is 2.16. The predicted octanol–water partition coefficient (Wildman–Crippen LogP) is 1.32. The van der Waals surface area contributed by atoms with E-state index in [2.05, 4.69) is 0 Å². The Morgan fingerprint density at radius 1 is 1.12 bits per heavy atom. The Morgan fingerprint density at radius 2 is 1.50 bits per heavy atom. The van der Waals surface area contributed by atoms with Gasteiger partial charge in [-0.15, -0.1) is 0 Å². The van der Waals surface area contributed by atoms with Gasteiger partial charge in [-0.25, -0.2) is 0 Å². The van der Waals surface area contributed by atoms with Crippen molar-refractivity contribution in [3.63, 3.8) is 0 Å². The molecule has 0 aliphatic rings. The van der Waals surface area contributed by atoms with Crippen molar-refractivity contribution in [2.45, 2.75) is 0 Å². The fraction of sp³-hybridized carbons (Fsp3) is 0. The molecule has 0 amide bonds. The molecule has 0 N–H and O–H groups in total. The van der Waals surface area contributed by atoms with Gasteiger partial charge in [0.25, 0.3) is 0 Å². The molecule has 0 atom stereocenters. The van der Waals surface area contributed by atoms with Crippen LogP contribution in [0.5, 0.6) is 0 Å². The van der Waals surface area contributed by atoms with Gasteiger partial charge in [-0.2, -0.15) is 0 Å². The fourth-order valence-electron chi connectivity index (χ4n) is 0.0411. The summed E-state index contributed by atoms with van der Waals surface area (Å²) in [6.07, 6.45) is 0. The first-order valence-electron chi connectivity index (χ1n) is 1.14. The number of thiocyanates is 2. The molecular weight excluding hydrogens is 227 g/mol. The van der Waals surface area contributed by atoms with Gasteiger partial charge in [0.2, 0.25) is 0 Å². The Bertz CT molecular complexity index is 102. The average molecular weight is 227 g/mol. The molecule has 0 aliphatic heterocycles. The van der Waals surface area contributed by atoms with Crippen LogP contribution in [-0.4, -0.2) is 0 Å². The van der Waals surface area contributed by atoms with Gasteiger partial charge in [0.1, 0.15) is 0 Å². The molecule has 0 saturated heterocycles. The minimum Gasteiger partial charge on any atom is 0 e. The average Bonchev–Trinajstić information content (AvgIpc) is 1.69. The third-order valence-electron chi connectivity index (χ3n) is 0.123. The van der Waals surface area contributed by atoms with Gasteiger partial charge in [0.15, 0.2) is 0 Å². The van der Waals surface area contributed by atoms with E-state index in [1.807, 2.05) is 10.8 Å². The number of hydrogen-bond acceptors (Lipinski definition) is 4. The van der Waals surface area contributed by atoms with E-state index in [9.17, 15) is 0 Å². The van der Waals surface area contributed by atoms with E-state index in [0.717, 1.165) is 20.4 Å². The van der Waals surface area contributed by atoms with Crippen LogP contribution >= 0.6 is 20.4 Å². The third kappa shape index (κ3) is 9.87. The van der Waals surface area contributed by atoms with Gasteiger partial charge in [-0.1, -0.05) is 0 Å². The molecule has 2 nitrogen and oxygen atoms in total. The van der Waals surface area contributed by atoms with Gasteiger partial charge in [-0.05, 0) is 0 Å². The SMILES string of the molecule is N#C[S][Fe][S]C#N.[Mn]. The number of rotatable bonds is 2. The molecule has 0 fully saturated rings. The molecule has 0 rings (SSSR count). The van der Waals surface area contributed by atoms with Crippen LogP contribution in [0.15, 0.2) is 0 Å². The van der Waals surface area contributed by atoms with Gasteiger partial charge in [0.05, 0.1) is 0 Å². The first kappa shape index (κ1) is 11.5. The summed E-state index contributed by atoms with van der Waals surface area (Å²) in [5.41, 5.74) is 0. The van der Waals surface area contributed by atoms with Crippen molar-refractivity contribution < 1.29 is 29.8 Å². The zero-order chi connectivity index (χ0) is 5.54. The maximum atomic E-state index is 7.88. The number of hydrogen-bond donors (Lipinski definition) is 0. The molecule has 0 aromatic rings. The van der Waals surface area contributed by atoms with Gasteiger partial charge >= 0.3 is 54.4 Å². The monoisotopic (exact) mass is 227 g/mol. The molecule has 0 aromatic carbocycles. The van der Waals surface area contributed by atoms with Crippen LogP contribution in [0.3, 0.4) is 0 Å². The second-order valence-electron chi connectivity index (χ2n) is 0.386. The summed E-state index contributed by atoms with van der Waals surface area (Å²) in [6.45, 7) is 0. The van der Waals surface area contributed by atoms with Gasteiger partial charge in [-0.3, -0.25) is 0 Å². The molecule has 0 aliphatic carbocycles. The van der Waals surface area contributed by atoms with Crippen molar-refractivity contribution in [3.05, 3.63) is 0 Å². The van der Waals surface area contributed by atoms with Crippen LogP contribution in [0, 0.1) is 21.3 Å². The zero-order valence-corrected chi connectivity index (χ0v) is 7.36. The summed E-state index contributed by atoms with van der Waals surface area (Å²) in [5.74, 6) is 0. The van der Waals surface area contributed by atoms with Crippen LogP contribution < -0.4 is 0 Å². The van der Waals surface area contributed by atoms with Crippen molar-refractivity contribution in [1.29, 1.82) is 10.5 Å². The van der Waals surface area contributed by atoms with Crippen LogP contribution in [0.25, 0.3) is 0 Å². The smallest absolute Gasteiger partial charge is 0 e. The standard InChI is InChI=1S/2CHNS.Fe.Mn/c2*2-1-3;;/h2*3H;;/q;;+2;/p-2. The number of nitriles is 2.